The van der Waals surface area contributed by atoms with Crippen LogP contribution in [0.4, 0.5) is 0 Å². The number of benzene rings is 1. The first-order valence-electron chi connectivity index (χ1n) is 6.75. The molecule has 0 saturated carbocycles. The largest absolute Gasteiger partial charge is 0.268 e. The van der Waals surface area contributed by atoms with E-state index >= 15 is 0 Å². The van der Waals surface area contributed by atoms with Gasteiger partial charge in [0, 0.05) is 5.39 Å². The Kier molecular flexibility index (Phi) is 4.27. The zero-order valence-electron chi connectivity index (χ0n) is 12.3. The van der Waals surface area contributed by atoms with E-state index in [0.717, 1.165) is 16.5 Å². The van der Waals surface area contributed by atoms with Gasteiger partial charge in [0.2, 0.25) is 10.0 Å². The minimum absolute atomic E-state index is 0.0714. The van der Waals surface area contributed by atoms with Crippen molar-refractivity contribution in [2.24, 2.45) is 0 Å². The van der Waals surface area contributed by atoms with Gasteiger partial charge in [-0.05, 0) is 38.0 Å². The van der Waals surface area contributed by atoms with Gasteiger partial charge in [-0.25, -0.2) is 13.1 Å². The average molecular weight is 306 g/mol. The molecule has 2 rings (SSSR count). The van der Waals surface area contributed by atoms with E-state index in [4.69, 9.17) is 0 Å². The molecule has 0 saturated heterocycles. The molecule has 1 amide bonds. The molecule has 112 valence electrons. The van der Waals surface area contributed by atoms with Crippen molar-refractivity contribution in [3.8, 4) is 0 Å². The number of aromatic nitrogens is 1. The minimum Gasteiger partial charge on any atom is -0.268 e. The molecule has 21 heavy (non-hydrogen) atoms. The van der Waals surface area contributed by atoms with Gasteiger partial charge < -0.3 is 0 Å². The first-order chi connectivity index (χ1) is 9.82. The summed E-state index contributed by atoms with van der Waals surface area (Å²) in [6.45, 7) is 5.41. The van der Waals surface area contributed by atoms with E-state index in [2.05, 4.69) is 9.71 Å². The molecule has 1 N–H and O–H groups in total. The number of rotatable bonds is 4. The van der Waals surface area contributed by atoms with E-state index in [0.29, 0.717) is 12.1 Å². The van der Waals surface area contributed by atoms with E-state index in [1.807, 2.05) is 25.1 Å². The topological polar surface area (TPSA) is 76.1 Å². The second kappa shape index (κ2) is 5.81. The lowest BCUT2D eigenvalue weighted by atomic mass is 10.1. The number of hydrogen-bond acceptors (Lipinski definition) is 4. The number of nitrogens with zero attached hydrogens (tertiary/aromatic N) is 1. The van der Waals surface area contributed by atoms with Crippen molar-refractivity contribution in [3.63, 3.8) is 0 Å². The van der Waals surface area contributed by atoms with Crippen molar-refractivity contribution in [2.75, 3.05) is 5.75 Å². The molecule has 0 bridgehead atoms. The maximum Gasteiger partial charge on any atom is 0.266 e. The van der Waals surface area contributed by atoms with Crippen LogP contribution in [0.3, 0.4) is 0 Å². The fraction of sp³-hybridized carbons (Fsp3) is 0.333. The van der Waals surface area contributed by atoms with Crippen molar-refractivity contribution in [1.82, 2.24) is 9.71 Å². The Bertz CT molecular complexity index is 798. The number of amides is 1. The molecule has 1 aromatic heterocycles. The molecule has 0 unspecified atom stereocenters. The van der Waals surface area contributed by atoms with Gasteiger partial charge in [0.15, 0.2) is 0 Å². The van der Waals surface area contributed by atoms with Gasteiger partial charge in [-0.1, -0.05) is 19.1 Å². The lowest BCUT2D eigenvalue weighted by Crippen LogP contribution is -2.32. The average Bonchev–Trinajstić information content (AvgIpc) is 2.36. The monoisotopic (exact) mass is 306 g/mol. The number of aryl methyl sites for hydroxylation is 2. The highest BCUT2D eigenvalue weighted by Gasteiger charge is 2.18. The summed E-state index contributed by atoms with van der Waals surface area (Å²) >= 11 is 0. The second-order valence-corrected chi connectivity index (χ2v) is 6.91. The molecule has 5 nitrogen and oxygen atoms in total. The van der Waals surface area contributed by atoms with Gasteiger partial charge in [-0.3, -0.25) is 9.78 Å². The maximum absolute atomic E-state index is 12.1. The van der Waals surface area contributed by atoms with Gasteiger partial charge >= 0.3 is 0 Å². The summed E-state index contributed by atoms with van der Waals surface area (Å²) in [5.74, 6) is -0.700. The lowest BCUT2D eigenvalue weighted by molar-refractivity contribution is 0.0980. The Morgan fingerprint density at radius 2 is 1.95 bits per heavy atom. The van der Waals surface area contributed by atoms with Crippen LogP contribution in [0.5, 0.6) is 0 Å². The molecule has 0 fully saturated rings. The van der Waals surface area contributed by atoms with Crippen molar-refractivity contribution in [1.29, 1.82) is 0 Å². The number of fused-ring (bicyclic) bond motifs is 1. The van der Waals surface area contributed by atoms with E-state index in [1.165, 1.54) is 0 Å². The van der Waals surface area contributed by atoms with Crippen LogP contribution in [0, 0.1) is 13.8 Å². The fourth-order valence-corrected chi connectivity index (χ4v) is 3.15. The van der Waals surface area contributed by atoms with Crippen molar-refractivity contribution >= 4 is 26.8 Å². The van der Waals surface area contributed by atoms with E-state index in [-0.39, 0.29) is 11.3 Å². The van der Waals surface area contributed by atoms with Crippen LogP contribution in [0.1, 0.15) is 35.0 Å². The molecular weight excluding hydrogens is 288 g/mol. The molecule has 0 spiro atoms. The van der Waals surface area contributed by atoms with Crippen molar-refractivity contribution in [2.45, 2.75) is 27.2 Å². The smallest absolute Gasteiger partial charge is 0.266 e. The molecule has 0 aliphatic rings. The zero-order valence-corrected chi connectivity index (χ0v) is 13.1. The summed E-state index contributed by atoms with van der Waals surface area (Å²) in [7, 11) is -3.58. The standard InChI is InChI=1S/C15H18N2O3S/c1-4-7-21(19,20)17-15(18)13-9-12-6-5-10(2)8-14(12)16-11(13)3/h5-6,8-9H,4,7H2,1-3H3,(H,17,18). The Labute approximate surface area is 124 Å². The summed E-state index contributed by atoms with van der Waals surface area (Å²) in [4.78, 5) is 16.5. The normalized spacial score (nSPS) is 11.6. The van der Waals surface area contributed by atoms with Gasteiger partial charge in [0.05, 0.1) is 22.5 Å². The van der Waals surface area contributed by atoms with Gasteiger partial charge in [0.1, 0.15) is 0 Å². The number of carbonyl (C=O) groups is 1. The molecule has 6 heteroatoms. The number of nitrogens with one attached hydrogen (secondary N) is 1. The second-order valence-electron chi connectivity index (χ2n) is 5.07. The van der Waals surface area contributed by atoms with Gasteiger partial charge in [-0.2, -0.15) is 0 Å². The Balaban J connectivity index is 2.40. The number of carbonyl (C=O) groups excluding carboxylic acids is 1. The third kappa shape index (κ3) is 3.58. The third-order valence-corrected chi connectivity index (χ3v) is 4.57. The molecule has 0 radical (unpaired) electrons. The first kappa shape index (κ1) is 15.4. The van der Waals surface area contributed by atoms with Gasteiger partial charge in [0.25, 0.3) is 5.91 Å². The highest BCUT2D eigenvalue weighted by molar-refractivity contribution is 7.90. The molecule has 0 aliphatic heterocycles. The molecule has 1 aromatic carbocycles. The summed E-state index contributed by atoms with van der Waals surface area (Å²) < 4.78 is 25.4. The van der Waals surface area contributed by atoms with Crippen LogP contribution in [0.2, 0.25) is 0 Å². The molecule has 0 aliphatic carbocycles. The molecular formula is C15H18N2O3S. The van der Waals surface area contributed by atoms with Crippen LogP contribution in [0.15, 0.2) is 24.3 Å². The van der Waals surface area contributed by atoms with Crippen LogP contribution in [0.25, 0.3) is 10.9 Å². The Morgan fingerprint density at radius 1 is 1.24 bits per heavy atom. The highest BCUT2D eigenvalue weighted by Crippen LogP contribution is 2.18. The third-order valence-electron chi connectivity index (χ3n) is 3.13. The molecule has 0 atom stereocenters. The van der Waals surface area contributed by atoms with Gasteiger partial charge in [-0.15, -0.1) is 0 Å². The number of pyridine rings is 1. The Hall–Kier alpha value is -1.95. The lowest BCUT2D eigenvalue weighted by Gasteiger charge is -2.09. The highest BCUT2D eigenvalue weighted by atomic mass is 32.2. The number of hydrogen-bond donors (Lipinski definition) is 1. The van der Waals surface area contributed by atoms with Crippen LogP contribution < -0.4 is 4.72 Å². The SMILES string of the molecule is CCCS(=O)(=O)NC(=O)c1cc2ccc(C)cc2nc1C. The van der Waals surface area contributed by atoms with E-state index in [9.17, 15) is 13.2 Å². The summed E-state index contributed by atoms with van der Waals surface area (Å²) in [6, 6.07) is 7.40. The van der Waals surface area contributed by atoms with E-state index in [1.54, 1.807) is 19.9 Å². The maximum atomic E-state index is 12.1. The van der Waals surface area contributed by atoms with Crippen molar-refractivity contribution in [3.05, 3.63) is 41.1 Å². The minimum atomic E-state index is -3.58. The van der Waals surface area contributed by atoms with Crippen LogP contribution in [-0.4, -0.2) is 25.1 Å². The number of sulfonamides is 1. The molecule has 1 heterocycles. The van der Waals surface area contributed by atoms with Crippen molar-refractivity contribution < 1.29 is 13.2 Å². The zero-order chi connectivity index (χ0) is 15.6. The van der Waals surface area contributed by atoms with E-state index < -0.39 is 15.9 Å². The fourth-order valence-electron chi connectivity index (χ4n) is 2.12. The predicted molar refractivity (Wildman–Crippen MR) is 82.8 cm³/mol. The first-order valence-corrected chi connectivity index (χ1v) is 8.40. The van der Waals surface area contributed by atoms with Crippen LogP contribution >= 0.6 is 0 Å². The quantitative estimate of drug-likeness (QED) is 0.940. The summed E-state index contributed by atoms with van der Waals surface area (Å²) in [6.07, 6.45) is 0.455. The Morgan fingerprint density at radius 3 is 2.62 bits per heavy atom. The summed E-state index contributed by atoms with van der Waals surface area (Å²) in [5.41, 5.74) is 2.67. The molecule has 2 aromatic rings. The van der Waals surface area contributed by atoms with Crippen LogP contribution in [-0.2, 0) is 10.0 Å². The predicted octanol–water partition coefficient (Wildman–Crippen LogP) is 2.32. The summed E-state index contributed by atoms with van der Waals surface area (Å²) in [5, 5.41) is 0.809.